The highest BCUT2D eigenvalue weighted by Gasteiger charge is 2.38. The van der Waals surface area contributed by atoms with Crippen molar-refractivity contribution in [1.82, 2.24) is 4.90 Å². The van der Waals surface area contributed by atoms with Crippen LogP contribution in [0.25, 0.3) is 0 Å². The van der Waals surface area contributed by atoms with Crippen LogP contribution in [-0.4, -0.2) is 47.0 Å². The molecule has 3 amide bonds. The zero-order chi connectivity index (χ0) is 15.0. The molecule has 1 aromatic carbocycles. The Hall–Kier alpha value is -2.57. The van der Waals surface area contributed by atoms with Crippen molar-refractivity contribution in [2.75, 3.05) is 23.3 Å². The van der Waals surface area contributed by atoms with Gasteiger partial charge in [0.15, 0.2) is 0 Å². The second-order valence-corrected chi connectivity index (χ2v) is 5.12. The third-order valence-electron chi connectivity index (χ3n) is 3.79. The summed E-state index contributed by atoms with van der Waals surface area (Å²) in [7, 11) is 0. The fourth-order valence-corrected chi connectivity index (χ4v) is 2.81. The number of nitrogens with zero attached hydrogens (tertiary/aromatic N) is 2. The highest BCUT2D eigenvalue weighted by atomic mass is 16.4. The number of fused-ring (bicyclic) bond motifs is 1. The van der Waals surface area contributed by atoms with Gasteiger partial charge in [-0.25, -0.2) is 9.59 Å². The number of carboxylic acids is 1. The van der Waals surface area contributed by atoms with Crippen molar-refractivity contribution in [3.63, 3.8) is 0 Å². The van der Waals surface area contributed by atoms with E-state index in [1.54, 1.807) is 24.3 Å². The number of anilines is 2. The lowest BCUT2D eigenvalue weighted by Gasteiger charge is -2.33. The van der Waals surface area contributed by atoms with Crippen LogP contribution in [0.15, 0.2) is 24.3 Å². The molecule has 110 valence electrons. The van der Waals surface area contributed by atoms with Crippen LogP contribution in [-0.2, 0) is 9.59 Å². The maximum absolute atomic E-state index is 12.6. The monoisotopic (exact) mass is 289 g/mol. The van der Waals surface area contributed by atoms with Gasteiger partial charge in [0.2, 0.25) is 5.91 Å². The van der Waals surface area contributed by atoms with E-state index in [1.165, 1.54) is 9.80 Å². The lowest BCUT2D eigenvalue weighted by Crippen LogP contribution is -2.51. The van der Waals surface area contributed by atoms with E-state index in [0.717, 1.165) is 0 Å². The Kier molecular flexibility index (Phi) is 3.25. The second kappa shape index (κ2) is 5.08. The lowest BCUT2D eigenvalue weighted by atomic mass is 10.2. The molecule has 21 heavy (non-hydrogen) atoms. The molecular formula is C14H15N3O4. The van der Waals surface area contributed by atoms with E-state index in [9.17, 15) is 19.5 Å². The molecule has 3 rings (SSSR count). The Balaban J connectivity index is 1.91. The van der Waals surface area contributed by atoms with Crippen molar-refractivity contribution in [2.45, 2.75) is 18.9 Å². The molecule has 1 aromatic rings. The smallest absolute Gasteiger partial charge is 0.326 e. The number of carbonyl (C=O) groups excluding carboxylic acids is 2. The molecule has 2 aliphatic rings. The molecular weight excluding hydrogens is 274 g/mol. The number of urea groups is 1. The van der Waals surface area contributed by atoms with Gasteiger partial charge in [0.25, 0.3) is 0 Å². The first kappa shape index (κ1) is 13.4. The lowest BCUT2D eigenvalue weighted by molar-refractivity contribution is -0.141. The van der Waals surface area contributed by atoms with Gasteiger partial charge in [-0.1, -0.05) is 12.1 Å². The maximum Gasteiger partial charge on any atom is 0.326 e. The first-order chi connectivity index (χ1) is 10.1. The molecule has 2 N–H and O–H groups in total. The minimum Gasteiger partial charge on any atom is -0.480 e. The summed E-state index contributed by atoms with van der Waals surface area (Å²) >= 11 is 0. The summed E-state index contributed by atoms with van der Waals surface area (Å²) in [6.45, 7) is 0.300. The zero-order valence-corrected chi connectivity index (χ0v) is 11.3. The van der Waals surface area contributed by atoms with Crippen molar-refractivity contribution in [3.8, 4) is 0 Å². The number of hydrogen-bond acceptors (Lipinski definition) is 3. The number of aliphatic carboxylic acids is 1. The molecule has 1 fully saturated rings. The predicted octanol–water partition coefficient (Wildman–Crippen LogP) is 1.11. The summed E-state index contributed by atoms with van der Waals surface area (Å²) in [4.78, 5) is 38.3. The molecule has 0 aromatic heterocycles. The Morgan fingerprint density at radius 2 is 2.05 bits per heavy atom. The summed E-state index contributed by atoms with van der Waals surface area (Å²) in [5.74, 6) is -1.29. The van der Waals surface area contributed by atoms with E-state index >= 15 is 0 Å². The molecule has 0 unspecified atom stereocenters. The van der Waals surface area contributed by atoms with Gasteiger partial charge in [-0.15, -0.1) is 0 Å². The number of benzene rings is 1. The molecule has 7 heteroatoms. The number of rotatable bonds is 1. The van der Waals surface area contributed by atoms with E-state index in [2.05, 4.69) is 5.32 Å². The topological polar surface area (TPSA) is 90.0 Å². The summed E-state index contributed by atoms with van der Waals surface area (Å²) in [6.07, 6.45) is 1.10. The van der Waals surface area contributed by atoms with Gasteiger partial charge in [-0.2, -0.15) is 0 Å². The van der Waals surface area contributed by atoms with Gasteiger partial charge in [0.1, 0.15) is 12.6 Å². The van der Waals surface area contributed by atoms with Crippen LogP contribution < -0.4 is 10.2 Å². The summed E-state index contributed by atoms with van der Waals surface area (Å²) < 4.78 is 0. The van der Waals surface area contributed by atoms with Crippen LogP contribution in [0, 0.1) is 0 Å². The molecule has 1 atom stereocenters. The van der Waals surface area contributed by atoms with Crippen LogP contribution in [0.4, 0.5) is 16.2 Å². The predicted molar refractivity (Wildman–Crippen MR) is 75.2 cm³/mol. The van der Waals surface area contributed by atoms with Crippen LogP contribution in [0.5, 0.6) is 0 Å². The number of carboxylic acid groups (broad SMARTS) is 1. The Bertz CT molecular complexity index is 616. The number of hydrogen-bond donors (Lipinski definition) is 2. The van der Waals surface area contributed by atoms with Gasteiger partial charge in [0.05, 0.1) is 11.4 Å². The molecule has 0 saturated carbocycles. The van der Waals surface area contributed by atoms with Crippen molar-refractivity contribution in [2.24, 2.45) is 0 Å². The molecule has 0 aliphatic carbocycles. The summed E-state index contributed by atoms with van der Waals surface area (Å²) in [5.41, 5.74) is 1.16. The highest BCUT2D eigenvalue weighted by molar-refractivity contribution is 6.09. The van der Waals surface area contributed by atoms with Crippen LogP contribution >= 0.6 is 0 Å². The van der Waals surface area contributed by atoms with Crippen LogP contribution in [0.3, 0.4) is 0 Å². The molecule has 7 nitrogen and oxygen atoms in total. The van der Waals surface area contributed by atoms with E-state index in [1.807, 2.05) is 0 Å². The number of likely N-dealkylation sites (tertiary alicyclic amines) is 1. The minimum absolute atomic E-state index is 0.0985. The van der Waals surface area contributed by atoms with Crippen molar-refractivity contribution in [1.29, 1.82) is 0 Å². The van der Waals surface area contributed by atoms with E-state index < -0.39 is 18.0 Å². The van der Waals surface area contributed by atoms with Gasteiger partial charge >= 0.3 is 12.0 Å². The van der Waals surface area contributed by atoms with Crippen LogP contribution in [0.2, 0.25) is 0 Å². The molecule has 2 heterocycles. The largest absolute Gasteiger partial charge is 0.480 e. The normalized spacial score (nSPS) is 21.0. The van der Waals surface area contributed by atoms with E-state index in [4.69, 9.17) is 0 Å². The number of nitrogens with one attached hydrogen (secondary N) is 1. The number of para-hydroxylation sites is 2. The SMILES string of the molecule is O=C1CN(C(=O)N2CCC[C@H]2C(=O)O)c2ccccc2N1. The van der Waals surface area contributed by atoms with Crippen molar-refractivity contribution >= 4 is 29.3 Å². The molecule has 2 aliphatic heterocycles. The fourth-order valence-electron chi connectivity index (χ4n) is 2.81. The van der Waals surface area contributed by atoms with Crippen molar-refractivity contribution in [3.05, 3.63) is 24.3 Å². The highest BCUT2D eigenvalue weighted by Crippen LogP contribution is 2.31. The first-order valence-electron chi connectivity index (χ1n) is 6.78. The number of carbonyl (C=O) groups is 3. The fraction of sp³-hybridized carbons (Fsp3) is 0.357. The van der Waals surface area contributed by atoms with E-state index in [0.29, 0.717) is 30.8 Å². The molecule has 1 saturated heterocycles. The number of amides is 3. The van der Waals surface area contributed by atoms with Gasteiger partial charge in [-0.3, -0.25) is 9.69 Å². The first-order valence-corrected chi connectivity index (χ1v) is 6.78. The maximum atomic E-state index is 12.6. The second-order valence-electron chi connectivity index (χ2n) is 5.12. The average Bonchev–Trinajstić information content (AvgIpc) is 2.95. The molecule has 0 spiro atoms. The van der Waals surface area contributed by atoms with Gasteiger partial charge in [0, 0.05) is 6.54 Å². The van der Waals surface area contributed by atoms with Gasteiger partial charge < -0.3 is 15.3 Å². The van der Waals surface area contributed by atoms with Crippen LogP contribution in [0.1, 0.15) is 12.8 Å². The third kappa shape index (κ3) is 2.31. The van der Waals surface area contributed by atoms with Crippen molar-refractivity contribution < 1.29 is 19.5 Å². The standard InChI is InChI=1S/C14H15N3O4/c18-12-8-17(10-5-2-1-4-9(10)15-12)14(21)16-7-3-6-11(16)13(19)20/h1-2,4-5,11H,3,6-8H2,(H,15,18)(H,19,20)/t11-/m0/s1. The summed E-state index contributed by atoms with van der Waals surface area (Å²) in [5, 5.41) is 11.9. The molecule has 0 bridgehead atoms. The average molecular weight is 289 g/mol. The Morgan fingerprint density at radius 3 is 2.81 bits per heavy atom. The quantitative estimate of drug-likeness (QED) is 0.810. The minimum atomic E-state index is -1.00. The Morgan fingerprint density at radius 1 is 1.29 bits per heavy atom. The molecule has 0 radical (unpaired) electrons. The zero-order valence-electron chi connectivity index (χ0n) is 11.3. The third-order valence-corrected chi connectivity index (χ3v) is 3.79. The van der Waals surface area contributed by atoms with Gasteiger partial charge in [-0.05, 0) is 25.0 Å². The van der Waals surface area contributed by atoms with E-state index in [-0.39, 0.29) is 12.5 Å². The Labute approximate surface area is 121 Å². The summed E-state index contributed by atoms with van der Waals surface area (Å²) in [6, 6.07) is 5.75.